The van der Waals surface area contributed by atoms with Crippen molar-refractivity contribution in [3.05, 3.63) is 70.4 Å². The van der Waals surface area contributed by atoms with E-state index in [9.17, 15) is 4.79 Å². The first-order valence-electron chi connectivity index (χ1n) is 8.26. The Kier molecular flexibility index (Phi) is 3.81. The van der Waals surface area contributed by atoms with Crippen molar-refractivity contribution in [2.75, 3.05) is 13.1 Å². The van der Waals surface area contributed by atoms with Gasteiger partial charge in [0, 0.05) is 31.0 Å². The molecule has 0 spiro atoms. The zero-order valence-corrected chi connectivity index (χ0v) is 14.4. The van der Waals surface area contributed by atoms with Crippen LogP contribution in [0.25, 0.3) is 10.9 Å². The summed E-state index contributed by atoms with van der Waals surface area (Å²) in [6.45, 7) is 1.46. The van der Waals surface area contributed by atoms with Gasteiger partial charge in [0.05, 0.1) is 5.02 Å². The minimum Gasteiger partial charge on any atom is -0.338 e. The van der Waals surface area contributed by atoms with E-state index >= 15 is 0 Å². The standard InChI is InChI=1S/C20H19ClN2O/c1-22-17-9-5-4-8-16(17)18(21)19(22)20(24)23-12-10-14-6-2-3-7-15(14)11-13-23/h2-9H,10-13H2,1H3. The molecule has 0 bridgehead atoms. The van der Waals surface area contributed by atoms with Gasteiger partial charge in [-0.3, -0.25) is 4.79 Å². The first kappa shape index (κ1) is 15.3. The van der Waals surface area contributed by atoms with Crippen molar-refractivity contribution in [1.82, 2.24) is 9.47 Å². The van der Waals surface area contributed by atoms with Gasteiger partial charge in [-0.25, -0.2) is 0 Å². The Labute approximate surface area is 146 Å². The van der Waals surface area contributed by atoms with Gasteiger partial charge in [-0.2, -0.15) is 0 Å². The van der Waals surface area contributed by atoms with Gasteiger partial charge in [-0.15, -0.1) is 0 Å². The molecule has 0 aliphatic carbocycles. The highest BCUT2D eigenvalue weighted by Crippen LogP contribution is 2.31. The van der Waals surface area contributed by atoms with E-state index in [4.69, 9.17) is 11.6 Å². The van der Waals surface area contributed by atoms with E-state index in [-0.39, 0.29) is 5.91 Å². The zero-order valence-electron chi connectivity index (χ0n) is 13.6. The van der Waals surface area contributed by atoms with Crippen LogP contribution in [-0.2, 0) is 19.9 Å². The Morgan fingerprint density at radius 1 is 0.958 bits per heavy atom. The largest absolute Gasteiger partial charge is 0.338 e. The zero-order chi connectivity index (χ0) is 16.7. The number of carbonyl (C=O) groups is 1. The fourth-order valence-corrected chi connectivity index (χ4v) is 3.97. The molecule has 0 atom stereocenters. The van der Waals surface area contributed by atoms with E-state index < -0.39 is 0 Å². The number of benzene rings is 2. The van der Waals surface area contributed by atoms with Crippen molar-refractivity contribution in [3.63, 3.8) is 0 Å². The maximum absolute atomic E-state index is 13.1. The lowest BCUT2D eigenvalue weighted by atomic mass is 10.0. The summed E-state index contributed by atoms with van der Waals surface area (Å²) >= 11 is 6.54. The topological polar surface area (TPSA) is 25.2 Å². The molecule has 0 saturated carbocycles. The van der Waals surface area contributed by atoms with Gasteiger partial charge in [0.1, 0.15) is 5.69 Å². The van der Waals surface area contributed by atoms with Crippen molar-refractivity contribution in [1.29, 1.82) is 0 Å². The van der Waals surface area contributed by atoms with Gasteiger partial charge in [-0.05, 0) is 30.0 Å². The van der Waals surface area contributed by atoms with Crippen LogP contribution in [0.2, 0.25) is 5.02 Å². The molecule has 4 heteroatoms. The summed E-state index contributed by atoms with van der Waals surface area (Å²) in [6, 6.07) is 16.3. The number of nitrogens with zero attached hydrogens (tertiary/aromatic N) is 2. The van der Waals surface area contributed by atoms with E-state index in [1.165, 1.54) is 11.1 Å². The van der Waals surface area contributed by atoms with E-state index in [2.05, 4.69) is 24.3 Å². The molecule has 0 saturated heterocycles. The van der Waals surface area contributed by atoms with Gasteiger partial charge in [0.15, 0.2) is 0 Å². The number of halogens is 1. The smallest absolute Gasteiger partial charge is 0.272 e. The monoisotopic (exact) mass is 338 g/mol. The van der Waals surface area contributed by atoms with Crippen LogP contribution >= 0.6 is 11.6 Å². The van der Waals surface area contributed by atoms with E-state index in [1.807, 2.05) is 40.8 Å². The number of hydrogen-bond acceptors (Lipinski definition) is 1. The fraction of sp³-hybridized carbons (Fsp3) is 0.250. The molecule has 122 valence electrons. The normalized spacial score (nSPS) is 14.5. The number of para-hydroxylation sites is 1. The van der Waals surface area contributed by atoms with Gasteiger partial charge < -0.3 is 9.47 Å². The molecule has 3 aromatic rings. The second-order valence-electron chi connectivity index (χ2n) is 6.30. The summed E-state index contributed by atoms with van der Waals surface area (Å²) in [5.74, 6) is 0.0199. The van der Waals surface area contributed by atoms with Crippen LogP contribution in [-0.4, -0.2) is 28.5 Å². The molecular formula is C20H19ClN2O. The second-order valence-corrected chi connectivity index (χ2v) is 6.68. The summed E-state index contributed by atoms with van der Waals surface area (Å²) in [4.78, 5) is 15.1. The van der Waals surface area contributed by atoms with Gasteiger partial charge in [-0.1, -0.05) is 54.1 Å². The first-order valence-corrected chi connectivity index (χ1v) is 8.63. The molecule has 0 N–H and O–H groups in total. The summed E-state index contributed by atoms with van der Waals surface area (Å²) < 4.78 is 1.91. The number of carbonyl (C=O) groups excluding carboxylic acids is 1. The molecule has 1 aliphatic heterocycles. The molecule has 3 nitrogen and oxygen atoms in total. The lowest BCUT2D eigenvalue weighted by molar-refractivity contribution is 0.0754. The summed E-state index contributed by atoms with van der Waals surface area (Å²) in [6.07, 6.45) is 1.78. The van der Waals surface area contributed by atoms with Crippen LogP contribution in [0, 0.1) is 0 Å². The number of fused-ring (bicyclic) bond motifs is 2. The highest BCUT2D eigenvalue weighted by Gasteiger charge is 2.25. The third-order valence-electron chi connectivity index (χ3n) is 4.96. The highest BCUT2D eigenvalue weighted by molar-refractivity contribution is 6.38. The summed E-state index contributed by atoms with van der Waals surface area (Å²) in [5.41, 5.74) is 4.26. The van der Waals surface area contributed by atoms with E-state index in [0.29, 0.717) is 10.7 Å². The Morgan fingerprint density at radius 3 is 2.17 bits per heavy atom. The first-order chi connectivity index (χ1) is 11.7. The minimum absolute atomic E-state index is 0.0199. The van der Waals surface area contributed by atoms with Gasteiger partial charge in [0.2, 0.25) is 0 Å². The number of rotatable bonds is 1. The minimum atomic E-state index is 0.0199. The third kappa shape index (κ3) is 2.40. The highest BCUT2D eigenvalue weighted by atomic mass is 35.5. The van der Waals surface area contributed by atoms with Crippen LogP contribution in [0.15, 0.2) is 48.5 Å². The number of aromatic nitrogens is 1. The van der Waals surface area contributed by atoms with E-state index in [1.54, 1.807) is 0 Å². The van der Waals surface area contributed by atoms with Crippen molar-refractivity contribution in [3.8, 4) is 0 Å². The molecule has 0 fully saturated rings. The summed E-state index contributed by atoms with van der Waals surface area (Å²) in [7, 11) is 1.91. The molecule has 1 aliphatic rings. The number of hydrogen-bond donors (Lipinski definition) is 0. The maximum Gasteiger partial charge on any atom is 0.272 e. The molecule has 24 heavy (non-hydrogen) atoms. The van der Waals surface area contributed by atoms with Gasteiger partial charge in [0.25, 0.3) is 5.91 Å². The second kappa shape index (κ2) is 5.99. The van der Waals surface area contributed by atoms with Crippen LogP contribution < -0.4 is 0 Å². The van der Waals surface area contributed by atoms with Gasteiger partial charge >= 0.3 is 0 Å². The molecule has 0 unspecified atom stereocenters. The SMILES string of the molecule is Cn1c(C(=O)N2CCc3ccccc3CC2)c(Cl)c2ccccc21. The maximum atomic E-state index is 13.1. The molecule has 1 amide bonds. The predicted molar refractivity (Wildman–Crippen MR) is 97.7 cm³/mol. The predicted octanol–water partition coefficient (Wildman–Crippen LogP) is 4.07. The molecule has 0 radical (unpaired) electrons. The quantitative estimate of drug-likeness (QED) is 0.656. The number of aryl methyl sites for hydroxylation is 1. The lowest BCUT2D eigenvalue weighted by Crippen LogP contribution is -2.34. The molecule has 2 aromatic carbocycles. The average Bonchev–Trinajstić information content (AvgIpc) is 2.77. The lowest BCUT2D eigenvalue weighted by Gasteiger charge is -2.21. The molecule has 2 heterocycles. The van der Waals surface area contributed by atoms with Crippen LogP contribution in [0.3, 0.4) is 0 Å². The molecular weight excluding hydrogens is 320 g/mol. The Hall–Kier alpha value is -2.26. The van der Waals surface area contributed by atoms with Crippen molar-refractivity contribution < 1.29 is 4.79 Å². The Morgan fingerprint density at radius 2 is 1.54 bits per heavy atom. The van der Waals surface area contributed by atoms with Crippen molar-refractivity contribution in [2.24, 2.45) is 7.05 Å². The molecule has 4 rings (SSSR count). The van der Waals surface area contributed by atoms with Crippen LogP contribution in [0.1, 0.15) is 21.6 Å². The summed E-state index contributed by atoms with van der Waals surface area (Å²) in [5, 5.41) is 1.49. The van der Waals surface area contributed by atoms with Crippen LogP contribution in [0.5, 0.6) is 0 Å². The van der Waals surface area contributed by atoms with Crippen LogP contribution in [0.4, 0.5) is 0 Å². The Balaban J connectivity index is 1.68. The van der Waals surface area contributed by atoms with E-state index in [0.717, 1.165) is 36.8 Å². The average molecular weight is 339 g/mol. The number of amides is 1. The van der Waals surface area contributed by atoms with Crippen molar-refractivity contribution in [2.45, 2.75) is 12.8 Å². The van der Waals surface area contributed by atoms with Crippen molar-refractivity contribution >= 4 is 28.4 Å². The Bertz CT molecular complexity index is 863. The fourth-order valence-electron chi connectivity index (χ4n) is 3.61. The third-order valence-corrected chi connectivity index (χ3v) is 5.34. The molecule has 1 aromatic heterocycles.